The smallest absolute Gasteiger partial charge is 0.271 e. The molecule has 0 atom stereocenters. The van der Waals surface area contributed by atoms with Gasteiger partial charge in [0, 0.05) is 17.2 Å². The summed E-state index contributed by atoms with van der Waals surface area (Å²) >= 11 is 5.54. The van der Waals surface area contributed by atoms with Crippen molar-refractivity contribution in [2.75, 3.05) is 0 Å². The molecule has 1 aromatic rings. The maximum absolute atomic E-state index is 11.5. The molecule has 0 fully saturated rings. The normalized spacial score (nSPS) is 10.4. The van der Waals surface area contributed by atoms with Crippen molar-refractivity contribution in [1.29, 1.82) is 0 Å². The first-order chi connectivity index (χ1) is 7.91. The minimum absolute atomic E-state index is 0.0748. The van der Waals surface area contributed by atoms with Crippen LogP contribution in [0.25, 0.3) is 0 Å². The summed E-state index contributed by atoms with van der Waals surface area (Å²) in [5, 5.41) is 28.4. The average Bonchev–Trinajstić information content (AvgIpc) is 2.23. The highest BCUT2D eigenvalue weighted by molar-refractivity contribution is 6.32. The highest BCUT2D eigenvalue weighted by Crippen LogP contribution is 2.28. The number of nitrogens with two attached hydrogens (primary N) is 2. The largest absolute Gasteiger partial charge is 0.871 e. The second kappa shape index (κ2) is 5.12. The number of benzene rings is 1. The van der Waals surface area contributed by atoms with E-state index in [0.717, 1.165) is 18.3 Å². The van der Waals surface area contributed by atoms with Crippen LogP contribution in [-0.4, -0.2) is 17.1 Å². The Morgan fingerprint density at radius 2 is 2.12 bits per heavy atom. The van der Waals surface area contributed by atoms with E-state index >= 15 is 0 Å². The van der Waals surface area contributed by atoms with Gasteiger partial charge in [-0.15, -0.1) is 5.10 Å². The Balaban J connectivity index is 3.19. The molecule has 0 aliphatic rings. The van der Waals surface area contributed by atoms with E-state index in [4.69, 9.17) is 23.1 Å². The Kier molecular flexibility index (Phi) is 3.83. The summed E-state index contributed by atoms with van der Waals surface area (Å²) in [6, 6.07) is 1.99. The third-order valence-electron chi connectivity index (χ3n) is 1.64. The van der Waals surface area contributed by atoms with Gasteiger partial charge in [0.15, 0.2) is 0 Å². The third kappa shape index (κ3) is 3.31. The van der Waals surface area contributed by atoms with Crippen molar-refractivity contribution in [1.82, 2.24) is 0 Å². The molecular weight excluding hydrogens is 250 g/mol. The molecule has 0 aliphatic heterocycles. The molecule has 0 bridgehead atoms. The predicted molar refractivity (Wildman–Crippen MR) is 61.0 cm³/mol. The minimum Gasteiger partial charge on any atom is -0.871 e. The fraction of sp³-hybridized carbons (Fsp3) is 0. The Morgan fingerprint density at radius 1 is 1.47 bits per heavy atom. The van der Waals surface area contributed by atoms with Crippen molar-refractivity contribution < 1.29 is 10.0 Å². The van der Waals surface area contributed by atoms with Crippen LogP contribution in [0.5, 0.6) is 5.75 Å². The summed E-state index contributed by atoms with van der Waals surface area (Å²) < 4.78 is 0. The summed E-state index contributed by atoms with van der Waals surface area (Å²) in [6.07, 6.45) is 0.987. The van der Waals surface area contributed by atoms with Crippen molar-refractivity contribution in [3.63, 3.8) is 0 Å². The van der Waals surface area contributed by atoms with E-state index in [1.807, 2.05) is 0 Å². The lowest BCUT2D eigenvalue weighted by atomic mass is 10.2. The topological polar surface area (TPSA) is 143 Å². The van der Waals surface area contributed by atoms with Gasteiger partial charge in [-0.2, -0.15) is 5.10 Å². The highest BCUT2D eigenvalue weighted by Gasteiger charge is 2.09. The molecule has 0 radical (unpaired) electrons. The number of nitro groups is 1. The van der Waals surface area contributed by atoms with Gasteiger partial charge in [-0.3, -0.25) is 10.1 Å². The van der Waals surface area contributed by atoms with Crippen LogP contribution in [0.3, 0.4) is 0 Å². The van der Waals surface area contributed by atoms with Gasteiger partial charge in [-0.25, -0.2) is 0 Å². The van der Waals surface area contributed by atoms with Crippen molar-refractivity contribution in [3.8, 4) is 5.75 Å². The molecule has 4 N–H and O–H groups in total. The van der Waals surface area contributed by atoms with E-state index in [2.05, 4.69) is 10.2 Å². The highest BCUT2D eigenvalue weighted by atomic mass is 35.5. The van der Waals surface area contributed by atoms with Crippen LogP contribution in [-0.2, 0) is 0 Å². The predicted octanol–water partition coefficient (Wildman–Crippen LogP) is -0.0709. The molecule has 9 heteroatoms. The van der Waals surface area contributed by atoms with Gasteiger partial charge in [0.25, 0.3) is 5.69 Å². The lowest BCUT2D eigenvalue weighted by Gasteiger charge is -2.11. The van der Waals surface area contributed by atoms with Crippen LogP contribution in [0.15, 0.2) is 22.3 Å². The molecule has 0 aromatic heterocycles. The molecule has 0 saturated heterocycles. The van der Waals surface area contributed by atoms with Crippen molar-refractivity contribution in [2.24, 2.45) is 21.7 Å². The second-order valence-electron chi connectivity index (χ2n) is 2.87. The zero-order chi connectivity index (χ0) is 13.0. The Bertz CT molecular complexity index is 510. The first-order valence-electron chi connectivity index (χ1n) is 4.18. The van der Waals surface area contributed by atoms with Gasteiger partial charge >= 0.3 is 0 Å². The molecule has 0 spiro atoms. The molecule has 1 aromatic carbocycles. The molecule has 8 nitrogen and oxygen atoms in total. The summed E-state index contributed by atoms with van der Waals surface area (Å²) in [4.78, 5) is 9.85. The lowest BCUT2D eigenvalue weighted by molar-refractivity contribution is -0.385. The van der Waals surface area contributed by atoms with Crippen LogP contribution in [0.1, 0.15) is 5.56 Å². The van der Waals surface area contributed by atoms with Gasteiger partial charge in [-0.05, 0) is 5.56 Å². The first-order valence-corrected chi connectivity index (χ1v) is 4.56. The maximum atomic E-state index is 11.5. The lowest BCUT2D eigenvalue weighted by Crippen LogP contribution is -2.21. The number of halogens is 1. The fourth-order valence-electron chi connectivity index (χ4n) is 0.959. The van der Waals surface area contributed by atoms with Crippen molar-refractivity contribution in [2.45, 2.75) is 0 Å². The van der Waals surface area contributed by atoms with Crippen LogP contribution in [0.4, 0.5) is 5.69 Å². The van der Waals surface area contributed by atoms with Crippen LogP contribution in [0.2, 0.25) is 5.02 Å². The maximum Gasteiger partial charge on any atom is 0.271 e. The van der Waals surface area contributed by atoms with E-state index in [0.29, 0.717) is 0 Å². The van der Waals surface area contributed by atoms with Crippen molar-refractivity contribution in [3.05, 3.63) is 32.8 Å². The quantitative estimate of drug-likeness (QED) is 0.337. The van der Waals surface area contributed by atoms with Gasteiger partial charge in [0.1, 0.15) is 0 Å². The molecule has 1 rings (SSSR count). The molecule has 17 heavy (non-hydrogen) atoms. The van der Waals surface area contributed by atoms with Crippen molar-refractivity contribution >= 4 is 29.5 Å². The third-order valence-corrected chi connectivity index (χ3v) is 1.92. The molecule has 0 amide bonds. The van der Waals surface area contributed by atoms with Gasteiger partial charge in [0.2, 0.25) is 5.96 Å². The minimum atomic E-state index is -0.677. The number of hydrogen-bond donors (Lipinski definition) is 2. The van der Waals surface area contributed by atoms with E-state index in [9.17, 15) is 15.2 Å². The van der Waals surface area contributed by atoms with E-state index in [-0.39, 0.29) is 22.2 Å². The summed E-state index contributed by atoms with van der Waals surface area (Å²) in [7, 11) is 0. The molecule has 0 aliphatic carbocycles. The SMILES string of the molecule is NC(N)=NN=Cc1cc([N+](=O)[O-])cc(Cl)c1[O-]. The number of hydrogen-bond acceptors (Lipinski definition) is 5. The first kappa shape index (κ1) is 12.7. The zero-order valence-corrected chi connectivity index (χ0v) is 9.09. The molecule has 90 valence electrons. The molecule has 0 heterocycles. The van der Waals surface area contributed by atoms with Crippen LogP contribution in [0, 0.1) is 10.1 Å². The van der Waals surface area contributed by atoms with E-state index in [1.165, 1.54) is 0 Å². The van der Waals surface area contributed by atoms with Crippen LogP contribution >= 0.6 is 11.6 Å². The summed E-state index contributed by atoms with van der Waals surface area (Å²) in [6.45, 7) is 0. The molecule has 0 unspecified atom stereocenters. The van der Waals surface area contributed by atoms with Gasteiger partial charge in [0.05, 0.1) is 11.1 Å². The number of nitro benzene ring substituents is 1. The Hall–Kier alpha value is -2.35. The van der Waals surface area contributed by atoms with Gasteiger partial charge in [-0.1, -0.05) is 17.4 Å². The van der Waals surface area contributed by atoms with E-state index in [1.54, 1.807) is 0 Å². The zero-order valence-electron chi connectivity index (χ0n) is 8.33. The number of nitrogens with zero attached hydrogens (tertiary/aromatic N) is 3. The monoisotopic (exact) mass is 256 g/mol. The number of guanidine groups is 1. The van der Waals surface area contributed by atoms with Gasteiger partial charge < -0.3 is 16.6 Å². The molecular formula is C8H7ClN5O3-. The summed E-state index contributed by atoms with van der Waals surface area (Å²) in [5.41, 5.74) is 9.61. The average molecular weight is 257 g/mol. The fourth-order valence-corrected chi connectivity index (χ4v) is 1.18. The molecule has 0 saturated carbocycles. The summed E-state index contributed by atoms with van der Waals surface area (Å²) in [5.74, 6) is -0.892. The Labute approximate surface area is 100 Å². The Morgan fingerprint density at radius 3 is 2.65 bits per heavy atom. The standard InChI is InChI=1S/C8H8ClN5O3/c9-6-2-5(14(16)17)1-4(7(6)15)3-12-13-8(10)11/h1-3,15H,(H4,10,11,13)/p-1. The number of rotatable bonds is 3. The second-order valence-corrected chi connectivity index (χ2v) is 3.28. The number of non-ortho nitro benzene ring substituents is 1. The van der Waals surface area contributed by atoms with E-state index < -0.39 is 10.7 Å². The van der Waals surface area contributed by atoms with Crippen LogP contribution < -0.4 is 16.6 Å².